The first-order chi connectivity index (χ1) is 15.6. The first-order valence-corrected chi connectivity index (χ1v) is 11.0. The van der Waals surface area contributed by atoms with Crippen molar-refractivity contribution in [2.45, 2.75) is 12.1 Å². The summed E-state index contributed by atoms with van der Waals surface area (Å²) < 4.78 is 29.7. The molecular formula is C24H20F2N4OS. The Labute approximate surface area is 188 Å². The number of carbonyl (C=O) groups excluding carboxylic acids is 1. The maximum Gasteiger partial charge on any atom is 0.237 e. The minimum atomic E-state index is -0.741. The molecule has 32 heavy (non-hydrogen) atoms. The number of thioether (sulfide) groups is 1. The van der Waals surface area contributed by atoms with Gasteiger partial charge in [-0.15, -0.1) is 10.2 Å². The van der Waals surface area contributed by atoms with Crippen molar-refractivity contribution < 1.29 is 13.6 Å². The topological polar surface area (TPSA) is 51.0 Å². The van der Waals surface area contributed by atoms with Crippen LogP contribution in [0.4, 0.5) is 14.5 Å². The number of nitrogens with zero attached hydrogens (tertiary/aromatic N) is 4. The summed E-state index contributed by atoms with van der Waals surface area (Å²) in [6.07, 6.45) is 0. The van der Waals surface area contributed by atoms with E-state index in [0.717, 1.165) is 29.1 Å². The second-order valence-corrected chi connectivity index (χ2v) is 7.81. The van der Waals surface area contributed by atoms with E-state index in [-0.39, 0.29) is 17.3 Å². The molecule has 162 valence electrons. The fourth-order valence-electron chi connectivity index (χ4n) is 3.33. The van der Waals surface area contributed by atoms with Gasteiger partial charge >= 0.3 is 0 Å². The van der Waals surface area contributed by atoms with Gasteiger partial charge in [0.1, 0.15) is 11.6 Å². The molecule has 0 saturated heterocycles. The molecule has 0 atom stereocenters. The molecule has 1 heterocycles. The van der Waals surface area contributed by atoms with Crippen LogP contribution in [0.2, 0.25) is 0 Å². The van der Waals surface area contributed by atoms with Crippen LogP contribution >= 0.6 is 11.8 Å². The van der Waals surface area contributed by atoms with Gasteiger partial charge in [-0.3, -0.25) is 9.36 Å². The van der Waals surface area contributed by atoms with Crippen LogP contribution < -0.4 is 4.90 Å². The molecule has 5 nitrogen and oxygen atoms in total. The lowest BCUT2D eigenvalue weighted by Crippen LogP contribution is -2.32. The summed E-state index contributed by atoms with van der Waals surface area (Å²) in [5.74, 6) is -1.04. The van der Waals surface area contributed by atoms with Crippen LogP contribution in [0.15, 0.2) is 84.0 Å². The third-order valence-electron chi connectivity index (χ3n) is 4.83. The molecule has 0 aliphatic carbocycles. The lowest BCUT2D eigenvalue weighted by atomic mass is 10.2. The van der Waals surface area contributed by atoms with E-state index in [1.807, 2.05) is 67.6 Å². The maximum atomic E-state index is 14.7. The van der Waals surface area contributed by atoms with Crippen LogP contribution in [-0.2, 0) is 4.79 Å². The Morgan fingerprint density at radius 3 is 2.31 bits per heavy atom. The van der Waals surface area contributed by atoms with E-state index in [9.17, 15) is 13.6 Å². The van der Waals surface area contributed by atoms with Crippen LogP contribution in [0.25, 0.3) is 17.1 Å². The fraction of sp³-hybridized carbons (Fsp3) is 0.125. The summed E-state index contributed by atoms with van der Waals surface area (Å²) in [7, 11) is 0. The third kappa shape index (κ3) is 4.55. The highest BCUT2D eigenvalue weighted by Crippen LogP contribution is 2.30. The number of anilines is 1. The van der Waals surface area contributed by atoms with E-state index in [1.165, 1.54) is 16.7 Å². The first-order valence-electron chi connectivity index (χ1n) is 10.0. The van der Waals surface area contributed by atoms with Gasteiger partial charge in [-0.05, 0) is 31.2 Å². The molecule has 0 spiro atoms. The van der Waals surface area contributed by atoms with Crippen LogP contribution in [0.5, 0.6) is 0 Å². The van der Waals surface area contributed by atoms with Crippen LogP contribution in [0.3, 0.4) is 0 Å². The minimum absolute atomic E-state index is 0.0818. The molecule has 3 aromatic carbocycles. The fourth-order valence-corrected chi connectivity index (χ4v) is 4.15. The monoisotopic (exact) mass is 450 g/mol. The average Bonchev–Trinajstić information content (AvgIpc) is 3.23. The second kappa shape index (κ2) is 9.74. The number of halogens is 2. The highest BCUT2D eigenvalue weighted by atomic mass is 32.2. The second-order valence-electron chi connectivity index (χ2n) is 6.87. The molecule has 0 aliphatic rings. The summed E-state index contributed by atoms with van der Waals surface area (Å²) >= 11 is 1.15. The van der Waals surface area contributed by atoms with Gasteiger partial charge in [0.2, 0.25) is 5.91 Å². The summed E-state index contributed by atoms with van der Waals surface area (Å²) in [6, 6.07) is 21.9. The zero-order valence-corrected chi connectivity index (χ0v) is 18.1. The Bertz CT molecular complexity index is 1220. The number of rotatable bonds is 7. The predicted octanol–water partition coefficient (Wildman–Crippen LogP) is 5.36. The van der Waals surface area contributed by atoms with Gasteiger partial charge < -0.3 is 4.90 Å². The Kier molecular flexibility index (Phi) is 6.61. The Hall–Kier alpha value is -3.52. The number of benzene rings is 3. The lowest BCUT2D eigenvalue weighted by molar-refractivity contribution is -0.116. The van der Waals surface area contributed by atoms with E-state index in [1.54, 1.807) is 4.90 Å². The van der Waals surface area contributed by atoms with E-state index < -0.39 is 11.6 Å². The molecule has 0 unspecified atom stereocenters. The predicted molar refractivity (Wildman–Crippen MR) is 122 cm³/mol. The quantitative estimate of drug-likeness (QED) is 0.356. The summed E-state index contributed by atoms with van der Waals surface area (Å²) in [4.78, 5) is 14.6. The number of hydrogen-bond donors (Lipinski definition) is 0. The van der Waals surface area contributed by atoms with Gasteiger partial charge in [-0.2, -0.15) is 0 Å². The molecule has 0 bridgehead atoms. The molecule has 8 heteroatoms. The van der Waals surface area contributed by atoms with Crippen LogP contribution in [-0.4, -0.2) is 33.0 Å². The summed E-state index contributed by atoms with van der Waals surface area (Å²) in [5, 5.41) is 8.78. The molecule has 0 saturated carbocycles. The molecule has 4 rings (SSSR count). The standard InChI is InChI=1S/C24H20F2N4OS/c1-2-29(19-11-7-4-8-12-19)22(31)16-32-24-28-27-23(17-9-5-3-6-10-17)30(24)21-14-13-18(25)15-20(21)26/h3-15H,2,16H2,1H3. The zero-order chi connectivity index (χ0) is 22.5. The molecular weight excluding hydrogens is 430 g/mol. The number of aromatic nitrogens is 3. The van der Waals surface area contributed by atoms with Gasteiger partial charge in [0, 0.05) is 23.9 Å². The zero-order valence-electron chi connectivity index (χ0n) is 17.3. The SMILES string of the molecule is CCN(C(=O)CSc1nnc(-c2ccccc2)n1-c1ccc(F)cc1F)c1ccccc1. The summed E-state index contributed by atoms with van der Waals surface area (Å²) in [6.45, 7) is 2.41. The molecule has 0 N–H and O–H groups in total. The molecule has 0 radical (unpaired) electrons. The van der Waals surface area contributed by atoms with Crippen molar-refractivity contribution in [2.75, 3.05) is 17.2 Å². The van der Waals surface area contributed by atoms with Crippen molar-refractivity contribution in [1.29, 1.82) is 0 Å². The first kappa shape index (κ1) is 21.7. The van der Waals surface area contributed by atoms with Crippen molar-refractivity contribution in [1.82, 2.24) is 14.8 Å². The average molecular weight is 451 g/mol. The van der Waals surface area contributed by atoms with Gasteiger partial charge in [0.05, 0.1) is 11.4 Å². The van der Waals surface area contributed by atoms with E-state index >= 15 is 0 Å². The third-order valence-corrected chi connectivity index (χ3v) is 5.74. The van der Waals surface area contributed by atoms with Crippen LogP contribution in [0.1, 0.15) is 6.92 Å². The summed E-state index contributed by atoms with van der Waals surface area (Å²) in [5.41, 5.74) is 1.64. The largest absolute Gasteiger partial charge is 0.312 e. The normalized spacial score (nSPS) is 10.8. The van der Waals surface area contributed by atoms with Crippen molar-refractivity contribution in [3.05, 3.63) is 90.5 Å². The number of hydrogen-bond acceptors (Lipinski definition) is 4. The smallest absolute Gasteiger partial charge is 0.237 e. The molecule has 0 aliphatic heterocycles. The minimum Gasteiger partial charge on any atom is -0.312 e. The molecule has 4 aromatic rings. The van der Waals surface area contributed by atoms with Gasteiger partial charge in [0.15, 0.2) is 11.0 Å². The highest BCUT2D eigenvalue weighted by Gasteiger charge is 2.21. The molecule has 0 fully saturated rings. The maximum absolute atomic E-state index is 14.7. The van der Waals surface area contributed by atoms with Crippen molar-refractivity contribution >= 4 is 23.4 Å². The number of para-hydroxylation sites is 1. The Morgan fingerprint density at radius 2 is 1.66 bits per heavy atom. The van der Waals surface area contributed by atoms with Crippen LogP contribution in [0, 0.1) is 11.6 Å². The van der Waals surface area contributed by atoms with Gasteiger partial charge in [-0.1, -0.05) is 60.3 Å². The Morgan fingerprint density at radius 1 is 0.969 bits per heavy atom. The van der Waals surface area contributed by atoms with E-state index in [2.05, 4.69) is 10.2 Å². The molecule has 1 amide bonds. The van der Waals surface area contributed by atoms with Gasteiger partial charge in [0.25, 0.3) is 0 Å². The number of carbonyl (C=O) groups is 1. The Balaban J connectivity index is 1.67. The van der Waals surface area contributed by atoms with Gasteiger partial charge in [-0.25, -0.2) is 8.78 Å². The van der Waals surface area contributed by atoms with E-state index in [4.69, 9.17) is 0 Å². The highest BCUT2D eigenvalue weighted by molar-refractivity contribution is 7.99. The lowest BCUT2D eigenvalue weighted by Gasteiger charge is -2.20. The molecule has 1 aromatic heterocycles. The van der Waals surface area contributed by atoms with E-state index in [0.29, 0.717) is 17.5 Å². The van der Waals surface area contributed by atoms with Crippen molar-refractivity contribution in [3.8, 4) is 17.1 Å². The number of amides is 1. The van der Waals surface area contributed by atoms with Crippen molar-refractivity contribution in [3.63, 3.8) is 0 Å². The van der Waals surface area contributed by atoms with Crippen molar-refractivity contribution in [2.24, 2.45) is 0 Å².